The summed E-state index contributed by atoms with van der Waals surface area (Å²) in [4.78, 5) is 22.3. The molecule has 0 bridgehead atoms. The molecule has 6 nitrogen and oxygen atoms in total. The lowest BCUT2D eigenvalue weighted by Gasteiger charge is -2.10. The molecule has 0 aromatic rings. The molecule has 0 radical (unpaired) electrons. The number of hydrogen-bond donors (Lipinski definition) is 3. The second kappa shape index (κ2) is 7.13. The van der Waals surface area contributed by atoms with Crippen LogP contribution in [0.5, 0.6) is 0 Å². The first-order valence-electron chi connectivity index (χ1n) is 4.34. The van der Waals surface area contributed by atoms with E-state index in [0.717, 1.165) is 0 Å². The van der Waals surface area contributed by atoms with Gasteiger partial charge in [0.15, 0.2) is 0 Å². The summed E-state index contributed by atoms with van der Waals surface area (Å²) >= 11 is 4.54. The number of rotatable bonds is 5. The van der Waals surface area contributed by atoms with Crippen molar-refractivity contribution in [2.45, 2.75) is 13.0 Å². The van der Waals surface area contributed by atoms with Gasteiger partial charge < -0.3 is 21.1 Å². The van der Waals surface area contributed by atoms with Crippen LogP contribution in [-0.4, -0.2) is 43.1 Å². The van der Waals surface area contributed by atoms with E-state index in [1.807, 2.05) is 0 Å². The third-order valence-electron chi connectivity index (χ3n) is 1.58. The van der Waals surface area contributed by atoms with Crippen LogP contribution < -0.4 is 16.4 Å². The van der Waals surface area contributed by atoms with Crippen molar-refractivity contribution in [1.29, 1.82) is 0 Å². The topological polar surface area (TPSA) is 93.4 Å². The molecule has 0 rings (SSSR count). The molecule has 15 heavy (non-hydrogen) atoms. The molecule has 7 heteroatoms. The minimum absolute atomic E-state index is 0.0153. The van der Waals surface area contributed by atoms with Crippen LogP contribution in [0.25, 0.3) is 0 Å². The van der Waals surface area contributed by atoms with Crippen molar-refractivity contribution in [3.05, 3.63) is 0 Å². The Labute approximate surface area is 93.5 Å². The maximum Gasteiger partial charge on any atom is 0.309 e. The van der Waals surface area contributed by atoms with E-state index in [1.54, 1.807) is 6.92 Å². The van der Waals surface area contributed by atoms with Crippen molar-refractivity contribution in [2.75, 3.05) is 20.2 Å². The maximum atomic E-state index is 11.1. The summed E-state index contributed by atoms with van der Waals surface area (Å²) in [5.41, 5.74) is 5.15. The number of hydrogen-bond acceptors (Lipinski definition) is 4. The minimum Gasteiger partial charge on any atom is -0.392 e. The molecule has 0 aliphatic rings. The van der Waals surface area contributed by atoms with Gasteiger partial charge in [-0.3, -0.25) is 9.59 Å². The van der Waals surface area contributed by atoms with Gasteiger partial charge in [0.05, 0.1) is 17.6 Å². The minimum atomic E-state index is -0.758. The first kappa shape index (κ1) is 13.8. The molecule has 0 fully saturated rings. The predicted octanol–water partition coefficient (Wildman–Crippen LogP) is -1.46. The third kappa shape index (κ3) is 6.81. The Balaban J connectivity index is 3.79. The molecule has 86 valence electrons. The van der Waals surface area contributed by atoms with Crippen LogP contribution in [0.3, 0.4) is 0 Å². The Hall–Kier alpha value is -1.21. The van der Waals surface area contributed by atoms with Gasteiger partial charge in [0.25, 0.3) is 0 Å². The number of ether oxygens (including phenoxy) is 1. The van der Waals surface area contributed by atoms with E-state index in [2.05, 4.69) is 22.9 Å². The first-order valence-corrected chi connectivity index (χ1v) is 4.75. The molecule has 0 aromatic carbocycles. The largest absolute Gasteiger partial charge is 0.392 e. The summed E-state index contributed by atoms with van der Waals surface area (Å²) in [6, 6.07) is 0. The lowest BCUT2D eigenvalue weighted by molar-refractivity contribution is -0.139. The van der Waals surface area contributed by atoms with E-state index in [0.29, 0.717) is 0 Å². The average Bonchev–Trinajstić information content (AvgIpc) is 2.21. The zero-order valence-corrected chi connectivity index (χ0v) is 9.52. The molecule has 0 saturated heterocycles. The second-order valence-electron chi connectivity index (χ2n) is 2.91. The third-order valence-corrected chi connectivity index (χ3v) is 1.73. The average molecular weight is 233 g/mol. The first-order chi connectivity index (χ1) is 6.97. The summed E-state index contributed by atoms with van der Waals surface area (Å²) in [6.45, 7) is 2.06. The lowest BCUT2D eigenvalue weighted by atomic mass is 10.4. The fraction of sp³-hybridized carbons (Fsp3) is 0.625. The molecule has 1 atom stereocenters. The monoisotopic (exact) mass is 233 g/mol. The summed E-state index contributed by atoms with van der Waals surface area (Å²) in [5.74, 6) is -1.48. The van der Waals surface area contributed by atoms with E-state index in [-0.39, 0.29) is 24.2 Å². The van der Waals surface area contributed by atoms with Crippen molar-refractivity contribution < 1.29 is 14.3 Å². The smallest absolute Gasteiger partial charge is 0.309 e. The number of carbonyl (C=O) groups is 2. The summed E-state index contributed by atoms with van der Waals surface area (Å²) in [6.07, 6.45) is -0.141. The molecule has 0 heterocycles. The SMILES string of the molecule is COC(C)CNC(=O)C(=O)NCC(N)=S. The Morgan fingerprint density at radius 2 is 1.93 bits per heavy atom. The van der Waals surface area contributed by atoms with Crippen LogP contribution in [0.15, 0.2) is 0 Å². The van der Waals surface area contributed by atoms with Crippen LogP contribution in [0, 0.1) is 0 Å². The van der Waals surface area contributed by atoms with Gasteiger partial charge in [-0.05, 0) is 6.92 Å². The van der Waals surface area contributed by atoms with Crippen molar-refractivity contribution in [2.24, 2.45) is 5.73 Å². The van der Waals surface area contributed by atoms with Gasteiger partial charge in [0, 0.05) is 13.7 Å². The zero-order valence-electron chi connectivity index (χ0n) is 8.70. The predicted molar refractivity (Wildman–Crippen MR) is 59.3 cm³/mol. The molecular weight excluding hydrogens is 218 g/mol. The van der Waals surface area contributed by atoms with Crippen LogP contribution in [0.2, 0.25) is 0 Å². The van der Waals surface area contributed by atoms with Gasteiger partial charge in [-0.25, -0.2) is 0 Å². The van der Waals surface area contributed by atoms with E-state index in [9.17, 15) is 9.59 Å². The normalized spacial score (nSPS) is 11.6. The standard InChI is InChI=1S/C8H15N3O3S/c1-5(14-2)3-10-7(12)8(13)11-4-6(9)15/h5H,3-4H2,1-2H3,(H2,9,15)(H,10,12)(H,11,13). The molecule has 4 N–H and O–H groups in total. The van der Waals surface area contributed by atoms with Crippen LogP contribution in [0.1, 0.15) is 6.92 Å². The quantitative estimate of drug-likeness (QED) is 0.398. The molecule has 1 unspecified atom stereocenters. The molecule has 0 spiro atoms. The zero-order chi connectivity index (χ0) is 11.8. The highest BCUT2D eigenvalue weighted by Gasteiger charge is 2.13. The summed E-state index contributed by atoms with van der Waals surface area (Å²) < 4.78 is 4.89. The van der Waals surface area contributed by atoms with Gasteiger partial charge in [-0.1, -0.05) is 12.2 Å². The number of methoxy groups -OCH3 is 1. The molecule has 0 aromatic heterocycles. The van der Waals surface area contributed by atoms with Gasteiger partial charge >= 0.3 is 11.8 Å². The Kier molecular flexibility index (Phi) is 6.56. The van der Waals surface area contributed by atoms with Crippen molar-refractivity contribution in [3.63, 3.8) is 0 Å². The highest BCUT2D eigenvalue weighted by Crippen LogP contribution is 1.83. The fourth-order valence-electron chi connectivity index (χ4n) is 0.648. The number of thiocarbonyl (C=S) groups is 1. The molecule has 2 amide bonds. The number of nitrogens with two attached hydrogens (primary N) is 1. The molecule has 0 aliphatic heterocycles. The number of nitrogens with one attached hydrogen (secondary N) is 2. The highest BCUT2D eigenvalue weighted by molar-refractivity contribution is 7.80. The molecule has 0 saturated carbocycles. The van der Waals surface area contributed by atoms with E-state index in [1.165, 1.54) is 7.11 Å². The van der Waals surface area contributed by atoms with Crippen LogP contribution >= 0.6 is 12.2 Å². The number of amides is 2. The highest BCUT2D eigenvalue weighted by atomic mass is 32.1. The van der Waals surface area contributed by atoms with Gasteiger partial charge in [0.1, 0.15) is 0 Å². The Bertz CT molecular complexity index is 258. The van der Waals surface area contributed by atoms with Gasteiger partial charge in [-0.15, -0.1) is 0 Å². The Morgan fingerprint density at radius 3 is 2.40 bits per heavy atom. The van der Waals surface area contributed by atoms with E-state index >= 15 is 0 Å². The van der Waals surface area contributed by atoms with Crippen molar-refractivity contribution >= 4 is 29.0 Å². The van der Waals surface area contributed by atoms with Gasteiger partial charge in [0.2, 0.25) is 0 Å². The van der Waals surface area contributed by atoms with E-state index in [4.69, 9.17) is 10.5 Å². The van der Waals surface area contributed by atoms with Crippen LogP contribution in [-0.2, 0) is 14.3 Å². The fourth-order valence-corrected chi connectivity index (χ4v) is 0.720. The molecule has 0 aliphatic carbocycles. The van der Waals surface area contributed by atoms with Gasteiger partial charge in [-0.2, -0.15) is 0 Å². The summed E-state index contributed by atoms with van der Waals surface area (Å²) in [5, 5.41) is 4.66. The summed E-state index contributed by atoms with van der Waals surface area (Å²) in [7, 11) is 1.52. The number of carbonyl (C=O) groups excluding carboxylic acids is 2. The lowest BCUT2D eigenvalue weighted by Crippen LogP contribution is -2.44. The maximum absolute atomic E-state index is 11.1. The van der Waals surface area contributed by atoms with Crippen molar-refractivity contribution in [1.82, 2.24) is 10.6 Å². The van der Waals surface area contributed by atoms with Crippen molar-refractivity contribution in [3.8, 4) is 0 Å². The van der Waals surface area contributed by atoms with Crippen LogP contribution in [0.4, 0.5) is 0 Å². The van der Waals surface area contributed by atoms with E-state index < -0.39 is 11.8 Å². The molecular formula is C8H15N3O3S. The Morgan fingerprint density at radius 1 is 1.40 bits per heavy atom. The second-order valence-corrected chi connectivity index (χ2v) is 3.43.